The van der Waals surface area contributed by atoms with Crippen molar-refractivity contribution in [1.29, 1.82) is 15.8 Å². The molecular weight excluding hydrogens is 1230 g/mol. The van der Waals surface area contributed by atoms with E-state index in [1.54, 1.807) is 12.1 Å². The van der Waals surface area contributed by atoms with Crippen LogP contribution in [0, 0.1) is 34.0 Å². The molecule has 13 aromatic carbocycles. The normalized spacial score (nSPS) is 11.6. The Hall–Kier alpha value is -14.5. The Morgan fingerprint density at radius 3 is 1.28 bits per heavy atom. The summed E-state index contributed by atoms with van der Waals surface area (Å²) in [4.78, 5) is 30.3. The first kappa shape index (κ1) is 57.0. The Morgan fingerprint density at radius 2 is 0.680 bits per heavy atom. The quantitative estimate of drug-likeness (QED) is 0.128. The zero-order valence-corrected chi connectivity index (χ0v) is 53.0. The molecule has 13 nitrogen and oxygen atoms in total. The second-order valence-electron chi connectivity index (χ2n) is 24.7. The molecule has 0 saturated heterocycles. The SMILES string of the molecule is N#Cc1ccc(-c2nc(-c3ccccc3)nc(-c3ccc(-n4c5ccccc5c5c6oc7c(-c8cc(-c9nc(-c%10ccccc%10)nc(-c%10ccc(-n%11c%12ccccc%12c%12cc(-n%13c%14ccccc%14c%14ccccc%14%13)ccc%12%11)cc%10)n9)ccc8C#N)cccc7c6ccc54)cc3C#N)n2)cc1. The van der Waals surface area contributed by atoms with Gasteiger partial charge in [-0.3, -0.25) is 0 Å². The summed E-state index contributed by atoms with van der Waals surface area (Å²) in [5.74, 6) is 2.65. The van der Waals surface area contributed by atoms with E-state index in [0.717, 1.165) is 105 Å². The number of hydrogen-bond acceptors (Lipinski definition) is 10. The average molecular weight is 1280 g/mol. The summed E-state index contributed by atoms with van der Waals surface area (Å²) >= 11 is 0. The summed E-state index contributed by atoms with van der Waals surface area (Å²) in [7, 11) is 0. The first-order valence-electron chi connectivity index (χ1n) is 32.7. The molecule has 0 atom stereocenters. The maximum absolute atomic E-state index is 11.0. The summed E-state index contributed by atoms with van der Waals surface area (Å²) < 4.78 is 14.1. The van der Waals surface area contributed by atoms with Crippen LogP contribution in [-0.2, 0) is 0 Å². The van der Waals surface area contributed by atoms with Crippen LogP contribution in [0.3, 0.4) is 0 Å². The second-order valence-corrected chi connectivity index (χ2v) is 24.7. The number of nitrogens with zero attached hydrogens (tertiary/aromatic N) is 12. The summed E-state index contributed by atoms with van der Waals surface area (Å²) in [5, 5.41) is 39.8. The molecule has 0 fully saturated rings. The largest absolute Gasteiger partial charge is 0.455 e. The van der Waals surface area contributed by atoms with Gasteiger partial charge in [0, 0.05) is 99.3 Å². The number of benzene rings is 13. The molecule has 0 aliphatic carbocycles. The monoisotopic (exact) mass is 1280 g/mol. The molecule has 0 amide bonds. The Kier molecular flexibility index (Phi) is 13.1. The van der Waals surface area contributed by atoms with Crippen LogP contribution in [0.2, 0.25) is 0 Å². The third-order valence-corrected chi connectivity index (χ3v) is 19.1. The molecule has 0 N–H and O–H groups in total. The Morgan fingerprint density at radius 1 is 0.250 bits per heavy atom. The molecule has 0 unspecified atom stereocenters. The lowest BCUT2D eigenvalue weighted by Gasteiger charge is -2.12. The van der Waals surface area contributed by atoms with E-state index in [-0.39, 0.29) is 0 Å². The van der Waals surface area contributed by atoms with Crippen LogP contribution in [0.5, 0.6) is 0 Å². The van der Waals surface area contributed by atoms with Crippen molar-refractivity contribution in [3.8, 4) is 115 Å². The van der Waals surface area contributed by atoms with Crippen LogP contribution in [-0.4, -0.2) is 43.6 Å². The highest BCUT2D eigenvalue weighted by atomic mass is 16.3. The minimum absolute atomic E-state index is 0.336. The average Bonchev–Trinajstić information content (AvgIpc) is 1.56. The fourth-order valence-corrected chi connectivity index (χ4v) is 14.5. The number of aromatic nitrogens is 9. The zero-order valence-electron chi connectivity index (χ0n) is 53.0. The highest BCUT2D eigenvalue weighted by molar-refractivity contribution is 6.25. The van der Waals surface area contributed by atoms with Gasteiger partial charge in [-0.25, -0.2) is 29.9 Å². The van der Waals surface area contributed by atoms with Crippen molar-refractivity contribution in [2.24, 2.45) is 0 Å². The van der Waals surface area contributed by atoms with Gasteiger partial charge in [-0.05, 0) is 140 Å². The Labute approximate surface area is 570 Å². The highest BCUT2D eigenvalue weighted by Crippen LogP contribution is 2.45. The third kappa shape index (κ3) is 9.14. The van der Waals surface area contributed by atoms with Crippen molar-refractivity contribution in [3.05, 3.63) is 308 Å². The van der Waals surface area contributed by atoms with Crippen molar-refractivity contribution in [2.45, 2.75) is 0 Å². The molecule has 0 radical (unpaired) electrons. The molecular formula is C87H48N12O. The van der Waals surface area contributed by atoms with Gasteiger partial charge in [-0.2, -0.15) is 15.8 Å². The van der Waals surface area contributed by atoms with E-state index in [2.05, 4.69) is 178 Å². The predicted molar refractivity (Wildman–Crippen MR) is 396 cm³/mol. The second kappa shape index (κ2) is 22.9. The first-order valence-corrected chi connectivity index (χ1v) is 32.7. The number of para-hydroxylation sites is 5. The van der Waals surface area contributed by atoms with Crippen molar-refractivity contribution >= 4 is 87.4 Å². The van der Waals surface area contributed by atoms with Crippen LogP contribution >= 0.6 is 0 Å². The molecule has 6 aromatic heterocycles. The van der Waals surface area contributed by atoms with Crippen LogP contribution in [0.15, 0.2) is 296 Å². The van der Waals surface area contributed by atoms with Gasteiger partial charge >= 0.3 is 0 Å². The van der Waals surface area contributed by atoms with E-state index in [4.69, 9.17) is 34.3 Å². The van der Waals surface area contributed by atoms with Crippen molar-refractivity contribution in [2.75, 3.05) is 0 Å². The fourth-order valence-electron chi connectivity index (χ4n) is 14.5. The lowest BCUT2D eigenvalue weighted by atomic mass is 9.95. The minimum Gasteiger partial charge on any atom is -0.455 e. The Balaban J connectivity index is 0.699. The van der Waals surface area contributed by atoms with E-state index in [1.165, 1.54) is 10.8 Å². The van der Waals surface area contributed by atoms with Gasteiger partial charge in [0.15, 0.2) is 34.9 Å². The van der Waals surface area contributed by atoms with Crippen LogP contribution in [0.1, 0.15) is 16.7 Å². The summed E-state index contributed by atoms with van der Waals surface area (Å²) in [6.07, 6.45) is 0. The zero-order chi connectivity index (χ0) is 66.5. The highest BCUT2D eigenvalue weighted by Gasteiger charge is 2.25. The molecule has 0 aliphatic heterocycles. The maximum Gasteiger partial charge on any atom is 0.165 e. The van der Waals surface area contributed by atoms with Gasteiger partial charge < -0.3 is 18.1 Å². The maximum atomic E-state index is 11.0. The van der Waals surface area contributed by atoms with E-state index in [9.17, 15) is 15.8 Å². The van der Waals surface area contributed by atoms with Crippen molar-refractivity contribution in [1.82, 2.24) is 43.6 Å². The van der Waals surface area contributed by atoms with Crippen molar-refractivity contribution in [3.63, 3.8) is 0 Å². The molecule has 6 heterocycles. The topological polar surface area (TPSA) is 177 Å². The molecule has 0 saturated carbocycles. The lowest BCUT2D eigenvalue weighted by Crippen LogP contribution is -2.02. The molecule has 100 heavy (non-hydrogen) atoms. The van der Waals surface area contributed by atoms with E-state index < -0.39 is 0 Å². The van der Waals surface area contributed by atoms with Gasteiger partial charge in [0.2, 0.25) is 0 Å². The number of rotatable bonds is 10. The van der Waals surface area contributed by atoms with Crippen LogP contribution in [0.4, 0.5) is 0 Å². The Bertz CT molecular complexity index is 6690. The summed E-state index contributed by atoms with van der Waals surface area (Å²) in [5.41, 5.74) is 17.5. The van der Waals surface area contributed by atoms with Gasteiger partial charge in [0.25, 0.3) is 0 Å². The van der Waals surface area contributed by atoms with Gasteiger partial charge in [0.05, 0.1) is 73.4 Å². The molecule has 0 aliphatic rings. The molecule has 19 aromatic rings. The smallest absolute Gasteiger partial charge is 0.165 e. The lowest BCUT2D eigenvalue weighted by molar-refractivity contribution is 0.674. The standard InChI is InChI=1S/C87H48N12O/c88-49-52-30-32-55(33-31-52)85-92-83(54-18-5-2-6-19-54)95-87(96-85)63-42-40-61(46-59(63)51-90)99-76-29-14-10-23-70(76)79-78(99)45-43-69-67-24-15-25-68(80(67)100-81(69)79)71-47-57(34-35-58(71)50-89)86-93-82(53-16-3-1-4-17-53)91-84(94-86)56-36-38-60(39-37-56)97-75-28-13-9-22-66(75)72-48-62(41-44-77(72)97)98-73-26-11-7-20-64(73)65-21-8-12-27-74(65)98/h1-48H. The van der Waals surface area contributed by atoms with E-state index in [1.807, 2.05) is 133 Å². The fraction of sp³-hybridized carbons (Fsp3) is 0. The molecule has 19 rings (SSSR count). The van der Waals surface area contributed by atoms with Gasteiger partial charge in [-0.15, -0.1) is 0 Å². The van der Waals surface area contributed by atoms with Gasteiger partial charge in [-0.1, -0.05) is 152 Å². The van der Waals surface area contributed by atoms with Gasteiger partial charge in [0.1, 0.15) is 11.2 Å². The summed E-state index contributed by atoms with van der Waals surface area (Å²) in [6, 6.07) is 105. The van der Waals surface area contributed by atoms with E-state index >= 15 is 0 Å². The predicted octanol–water partition coefficient (Wildman–Crippen LogP) is 20.5. The molecule has 0 spiro atoms. The minimum atomic E-state index is 0.336. The van der Waals surface area contributed by atoms with E-state index in [0.29, 0.717) is 85.1 Å². The molecule has 0 bridgehead atoms. The van der Waals surface area contributed by atoms with Crippen LogP contribution < -0.4 is 0 Å². The van der Waals surface area contributed by atoms with Crippen molar-refractivity contribution < 1.29 is 4.42 Å². The number of hydrogen-bond donors (Lipinski definition) is 0. The van der Waals surface area contributed by atoms with Crippen LogP contribution in [0.25, 0.3) is 184 Å². The number of furan rings is 1. The first-order chi connectivity index (χ1) is 49.4. The molecule has 462 valence electrons. The number of fused-ring (bicyclic) bond motifs is 13. The molecule has 13 heteroatoms. The third-order valence-electron chi connectivity index (χ3n) is 19.1. The summed E-state index contributed by atoms with van der Waals surface area (Å²) in [6.45, 7) is 0. The number of nitriles is 3.